The summed E-state index contributed by atoms with van der Waals surface area (Å²) in [5.41, 5.74) is 2.03. The Labute approximate surface area is 147 Å². The van der Waals surface area contributed by atoms with E-state index in [9.17, 15) is 9.59 Å². The SMILES string of the molecule is O=C(CCN1CCN(c2ccccc2)C1=O)OCCc1ccccc1. The highest BCUT2D eigenvalue weighted by atomic mass is 16.5. The molecule has 0 unspecified atom stereocenters. The molecular weight excluding hydrogens is 316 g/mol. The van der Waals surface area contributed by atoms with Crippen LogP contribution < -0.4 is 4.90 Å². The fourth-order valence-electron chi connectivity index (χ4n) is 2.86. The minimum absolute atomic E-state index is 0.0525. The van der Waals surface area contributed by atoms with Crippen molar-refractivity contribution in [3.63, 3.8) is 0 Å². The van der Waals surface area contributed by atoms with Crippen molar-refractivity contribution >= 4 is 17.7 Å². The summed E-state index contributed by atoms with van der Waals surface area (Å²) in [5.74, 6) is -0.262. The van der Waals surface area contributed by atoms with E-state index in [0.717, 1.165) is 11.3 Å². The van der Waals surface area contributed by atoms with Crippen molar-refractivity contribution in [1.29, 1.82) is 0 Å². The van der Waals surface area contributed by atoms with Gasteiger partial charge in [0, 0.05) is 31.7 Å². The average Bonchev–Trinajstić information content (AvgIpc) is 3.02. The Morgan fingerprint density at radius 1 is 0.960 bits per heavy atom. The Kier molecular flexibility index (Phi) is 5.67. The lowest BCUT2D eigenvalue weighted by molar-refractivity contribution is -0.143. The molecule has 1 saturated heterocycles. The van der Waals surface area contributed by atoms with Gasteiger partial charge in [-0.3, -0.25) is 9.69 Å². The van der Waals surface area contributed by atoms with Crippen molar-refractivity contribution in [2.45, 2.75) is 12.8 Å². The van der Waals surface area contributed by atoms with Crippen LogP contribution in [0.4, 0.5) is 10.5 Å². The number of ether oxygens (including phenoxy) is 1. The van der Waals surface area contributed by atoms with Gasteiger partial charge in [0.05, 0.1) is 13.0 Å². The maximum Gasteiger partial charge on any atom is 0.324 e. The molecule has 0 aromatic heterocycles. The number of esters is 1. The number of carbonyl (C=O) groups is 2. The maximum absolute atomic E-state index is 12.4. The zero-order valence-corrected chi connectivity index (χ0v) is 14.1. The van der Waals surface area contributed by atoms with E-state index in [2.05, 4.69) is 0 Å². The van der Waals surface area contributed by atoms with Gasteiger partial charge in [0.15, 0.2) is 0 Å². The summed E-state index contributed by atoms with van der Waals surface area (Å²) in [5, 5.41) is 0. The van der Waals surface area contributed by atoms with Gasteiger partial charge in [-0.2, -0.15) is 0 Å². The van der Waals surface area contributed by atoms with Crippen molar-refractivity contribution < 1.29 is 14.3 Å². The van der Waals surface area contributed by atoms with Crippen molar-refractivity contribution in [2.24, 2.45) is 0 Å². The van der Waals surface area contributed by atoms with Crippen LogP contribution in [-0.4, -0.2) is 43.1 Å². The minimum Gasteiger partial charge on any atom is -0.465 e. The first-order chi connectivity index (χ1) is 12.2. The molecule has 2 aromatic rings. The smallest absolute Gasteiger partial charge is 0.324 e. The summed E-state index contributed by atoms with van der Waals surface area (Å²) >= 11 is 0. The van der Waals surface area contributed by atoms with Crippen LogP contribution in [0.5, 0.6) is 0 Å². The third-order valence-electron chi connectivity index (χ3n) is 4.25. The fourth-order valence-corrected chi connectivity index (χ4v) is 2.86. The zero-order chi connectivity index (χ0) is 17.5. The summed E-state index contributed by atoms with van der Waals surface area (Å²) in [4.78, 5) is 27.7. The minimum atomic E-state index is -0.262. The molecule has 1 heterocycles. The predicted molar refractivity (Wildman–Crippen MR) is 96.5 cm³/mol. The second-order valence-corrected chi connectivity index (χ2v) is 5.96. The topological polar surface area (TPSA) is 49.9 Å². The summed E-state index contributed by atoms with van der Waals surface area (Å²) in [6, 6.07) is 19.4. The van der Waals surface area contributed by atoms with Crippen LogP contribution in [0.3, 0.4) is 0 Å². The number of hydrogen-bond acceptors (Lipinski definition) is 3. The first-order valence-electron chi connectivity index (χ1n) is 8.55. The molecule has 5 heteroatoms. The van der Waals surface area contributed by atoms with Crippen LogP contribution in [0.1, 0.15) is 12.0 Å². The lowest BCUT2D eigenvalue weighted by Crippen LogP contribution is -2.33. The standard InChI is InChI=1S/C20H22N2O3/c23-19(25-16-12-17-7-3-1-4-8-17)11-13-21-14-15-22(20(21)24)18-9-5-2-6-10-18/h1-10H,11-16H2. The van der Waals surface area contributed by atoms with Crippen LogP contribution >= 0.6 is 0 Å². The van der Waals surface area contributed by atoms with E-state index in [1.54, 1.807) is 9.80 Å². The van der Waals surface area contributed by atoms with E-state index in [1.807, 2.05) is 60.7 Å². The van der Waals surface area contributed by atoms with Gasteiger partial charge >= 0.3 is 12.0 Å². The molecule has 2 amide bonds. The zero-order valence-electron chi connectivity index (χ0n) is 14.1. The molecular formula is C20H22N2O3. The normalized spacial score (nSPS) is 14.0. The lowest BCUT2D eigenvalue weighted by Gasteiger charge is -2.18. The Morgan fingerprint density at radius 2 is 1.64 bits per heavy atom. The molecule has 0 N–H and O–H groups in total. The van der Waals surface area contributed by atoms with E-state index < -0.39 is 0 Å². The number of hydrogen-bond donors (Lipinski definition) is 0. The van der Waals surface area contributed by atoms with Crippen LogP contribution in [0.15, 0.2) is 60.7 Å². The number of nitrogens with zero attached hydrogens (tertiary/aromatic N) is 2. The van der Waals surface area contributed by atoms with Crippen LogP contribution in [0.2, 0.25) is 0 Å². The molecule has 0 saturated carbocycles. The van der Waals surface area contributed by atoms with Gasteiger partial charge in [0.2, 0.25) is 0 Å². The third-order valence-corrected chi connectivity index (χ3v) is 4.25. The predicted octanol–water partition coefficient (Wildman–Crippen LogP) is 3.10. The van der Waals surface area contributed by atoms with E-state index in [1.165, 1.54) is 0 Å². The second kappa shape index (κ2) is 8.33. The van der Waals surface area contributed by atoms with Gasteiger partial charge in [-0.05, 0) is 17.7 Å². The van der Waals surface area contributed by atoms with Crippen molar-refractivity contribution in [1.82, 2.24) is 4.90 Å². The quantitative estimate of drug-likeness (QED) is 0.729. The largest absolute Gasteiger partial charge is 0.465 e. The highest BCUT2D eigenvalue weighted by Crippen LogP contribution is 2.19. The Balaban J connectivity index is 1.40. The Morgan fingerprint density at radius 3 is 2.36 bits per heavy atom. The van der Waals surface area contributed by atoms with Crippen molar-refractivity contribution in [3.05, 3.63) is 66.2 Å². The van der Waals surface area contributed by atoms with Crippen molar-refractivity contribution in [3.8, 4) is 0 Å². The second-order valence-electron chi connectivity index (χ2n) is 5.96. The fraction of sp³-hybridized carbons (Fsp3) is 0.300. The van der Waals surface area contributed by atoms with Gasteiger partial charge in [-0.15, -0.1) is 0 Å². The van der Waals surface area contributed by atoms with Gasteiger partial charge in [0.1, 0.15) is 0 Å². The van der Waals surface area contributed by atoms with Gasteiger partial charge in [-0.1, -0.05) is 48.5 Å². The number of urea groups is 1. The van der Waals surface area contributed by atoms with E-state index in [-0.39, 0.29) is 18.4 Å². The Bertz CT molecular complexity index is 703. The molecule has 0 bridgehead atoms. The first kappa shape index (κ1) is 17.0. The lowest BCUT2D eigenvalue weighted by atomic mass is 10.2. The molecule has 3 rings (SSSR count). The van der Waals surface area contributed by atoms with E-state index in [0.29, 0.717) is 32.7 Å². The first-order valence-corrected chi connectivity index (χ1v) is 8.55. The van der Waals surface area contributed by atoms with Crippen LogP contribution in [-0.2, 0) is 16.0 Å². The Hall–Kier alpha value is -2.82. The van der Waals surface area contributed by atoms with Crippen LogP contribution in [0, 0.1) is 0 Å². The van der Waals surface area contributed by atoms with E-state index in [4.69, 9.17) is 4.74 Å². The molecule has 0 spiro atoms. The summed E-state index contributed by atoms with van der Waals surface area (Å²) in [6.07, 6.45) is 0.931. The number of rotatable bonds is 7. The average molecular weight is 338 g/mol. The summed E-state index contributed by atoms with van der Waals surface area (Å²) in [6.45, 7) is 2.04. The highest BCUT2D eigenvalue weighted by molar-refractivity contribution is 5.94. The molecule has 0 radical (unpaired) electrons. The monoisotopic (exact) mass is 338 g/mol. The molecule has 0 aliphatic carbocycles. The van der Waals surface area contributed by atoms with Crippen LogP contribution in [0.25, 0.3) is 0 Å². The maximum atomic E-state index is 12.4. The van der Waals surface area contributed by atoms with Crippen molar-refractivity contribution in [2.75, 3.05) is 31.1 Å². The molecule has 130 valence electrons. The molecule has 2 aromatic carbocycles. The molecule has 1 aliphatic rings. The highest BCUT2D eigenvalue weighted by Gasteiger charge is 2.29. The number of benzene rings is 2. The molecule has 0 atom stereocenters. The summed E-state index contributed by atoms with van der Waals surface area (Å²) in [7, 11) is 0. The number of amides is 2. The van der Waals surface area contributed by atoms with Gasteiger partial charge in [-0.25, -0.2) is 4.79 Å². The molecule has 25 heavy (non-hydrogen) atoms. The van der Waals surface area contributed by atoms with Gasteiger partial charge in [0.25, 0.3) is 0 Å². The third kappa shape index (κ3) is 4.59. The molecule has 1 aliphatic heterocycles. The molecule has 5 nitrogen and oxygen atoms in total. The summed E-state index contributed by atoms with van der Waals surface area (Å²) < 4.78 is 5.26. The molecule has 1 fully saturated rings. The number of anilines is 1. The number of para-hydroxylation sites is 1. The van der Waals surface area contributed by atoms with Gasteiger partial charge < -0.3 is 9.64 Å². The number of carbonyl (C=O) groups excluding carboxylic acids is 2. The van der Waals surface area contributed by atoms with E-state index >= 15 is 0 Å².